The van der Waals surface area contributed by atoms with E-state index in [9.17, 15) is 4.79 Å². The molecule has 1 aliphatic rings. The molecule has 1 amide bonds. The summed E-state index contributed by atoms with van der Waals surface area (Å²) in [5, 5.41) is 6.41. The first kappa shape index (κ1) is 22.2. The molecule has 1 aliphatic heterocycles. The number of rotatable bonds is 6. The van der Waals surface area contributed by atoms with Crippen LogP contribution in [0.5, 0.6) is 0 Å². The van der Waals surface area contributed by atoms with E-state index >= 15 is 0 Å². The summed E-state index contributed by atoms with van der Waals surface area (Å²) in [5.74, 6) is 0.795. The summed E-state index contributed by atoms with van der Waals surface area (Å²) in [5.41, 5.74) is 3.29. The number of carbonyl (C=O) groups is 1. The van der Waals surface area contributed by atoms with E-state index in [4.69, 9.17) is 0 Å². The van der Waals surface area contributed by atoms with Crippen LogP contribution >= 0.6 is 24.8 Å². The lowest BCUT2D eigenvalue weighted by atomic mass is 10.0. The molecule has 0 aromatic heterocycles. The van der Waals surface area contributed by atoms with Crippen LogP contribution in [0.25, 0.3) is 0 Å². The van der Waals surface area contributed by atoms with Gasteiger partial charge in [-0.1, -0.05) is 12.1 Å². The van der Waals surface area contributed by atoms with Crippen LogP contribution in [0, 0.1) is 12.8 Å². The van der Waals surface area contributed by atoms with Gasteiger partial charge in [-0.15, -0.1) is 24.8 Å². The standard InChI is InChI=1S/C17H27N3O.2ClH/c1-13-4-5-15(12-20(2)3)10-16(13)19-17(21)7-6-14-8-9-18-11-14;;/h4-5,10,14,18H,6-9,11-12H2,1-3H3,(H,19,21);2*1H. The zero-order chi connectivity index (χ0) is 15.2. The minimum Gasteiger partial charge on any atom is -0.326 e. The zero-order valence-electron chi connectivity index (χ0n) is 14.2. The molecule has 0 radical (unpaired) electrons. The van der Waals surface area contributed by atoms with Crippen molar-refractivity contribution in [3.05, 3.63) is 29.3 Å². The largest absolute Gasteiger partial charge is 0.326 e. The van der Waals surface area contributed by atoms with Crippen LogP contribution in [-0.2, 0) is 11.3 Å². The van der Waals surface area contributed by atoms with Gasteiger partial charge >= 0.3 is 0 Å². The highest BCUT2D eigenvalue weighted by atomic mass is 35.5. The lowest BCUT2D eigenvalue weighted by molar-refractivity contribution is -0.116. The van der Waals surface area contributed by atoms with E-state index in [2.05, 4.69) is 33.7 Å². The Morgan fingerprint density at radius 3 is 2.70 bits per heavy atom. The summed E-state index contributed by atoms with van der Waals surface area (Å²) in [4.78, 5) is 14.2. The quantitative estimate of drug-likeness (QED) is 0.817. The molecule has 1 atom stereocenters. The Labute approximate surface area is 152 Å². The third-order valence-electron chi connectivity index (χ3n) is 4.02. The molecule has 4 nitrogen and oxygen atoms in total. The maximum atomic E-state index is 12.1. The summed E-state index contributed by atoms with van der Waals surface area (Å²) in [6.45, 7) is 5.08. The number of hydrogen-bond donors (Lipinski definition) is 2. The average Bonchev–Trinajstić information content (AvgIpc) is 2.93. The Morgan fingerprint density at radius 1 is 1.35 bits per heavy atom. The van der Waals surface area contributed by atoms with E-state index in [0.717, 1.165) is 37.3 Å². The highest BCUT2D eigenvalue weighted by Crippen LogP contribution is 2.19. The molecule has 0 bridgehead atoms. The van der Waals surface area contributed by atoms with Gasteiger partial charge < -0.3 is 15.5 Å². The van der Waals surface area contributed by atoms with Crippen LogP contribution in [0.1, 0.15) is 30.4 Å². The molecule has 1 saturated heterocycles. The summed E-state index contributed by atoms with van der Waals surface area (Å²) >= 11 is 0. The minimum atomic E-state index is 0. The van der Waals surface area contributed by atoms with Crippen molar-refractivity contribution < 1.29 is 4.79 Å². The number of anilines is 1. The van der Waals surface area contributed by atoms with Crippen LogP contribution in [0.4, 0.5) is 5.69 Å². The lowest BCUT2D eigenvalue weighted by Gasteiger charge is -2.14. The molecule has 0 aliphatic carbocycles. The van der Waals surface area contributed by atoms with E-state index in [0.29, 0.717) is 12.3 Å². The lowest BCUT2D eigenvalue weighted by Crippen LogP contribution is -2.16. The third-order valence-corrected chi connectivity index (χ3v) is 4.02. The van der Waals surface area contributed by atoms with Crippen molar-refractivity contribution in [2.24, 2.45) is 5.92 Å². The maximum Gasteiger partial charge on any atom is 0.224 e. The molecule has 23 heavy (non-hydrogen) atoms. The topological polar surface area (TPSA) is 44.4 Å². The molecular weight excluding hydrogens is 333 g/mol. The first-order chi connectivity index (χ1) is 10.0. The van der Waals surface area contributed by atoms with Gasteiger partial charge in [0.25, 0.3) is 0 Å². The maximum absolute atomic E-state index is 12.1. The molecule has 1 aromatic carbocycles. The first-order valence-electron chi connectivity index (χ1n) is 7.79. The number of amides is 1. The number of aryl methyl sites for hydroxylation is 1. The van der Waals surface area contributed by atoms with Gasteiger partial charge in [-0.25, -0.2) is 0 Å². The third kappa shape index (κ3) is 7.53. The number of hydrogen-bond acceptors (Lipinski definition) is 3. The van der Waals surface area contributed by atoms with Gasteiger partial charge in [0.2, 0.25) is 5.91 Å². The van der Waals surface area contributed by atoms with Crippen molar-refractivity contribution >= 4 is 36.4 Å². The summed E-state index contributed by atoms with van der Waals surface area (Å²) in [7, 11) is 4.10. The number of nitrogens with zero attached hydrogens (tertiary/aromatic N) is 1. The Balaban J connectivity index is 0.00000242. The Morgan fingerprint density at radius 2 is 2.09 bits per heavy atom. The predicted octanol–water partition coefficient (Wildman–Crippen LogP) is 3.23. The fourth-order valence-electron chi connectivity index (χ4n) is 2.78. The van der Waals surface area contributed by atoms with E-state index in [1.165, 1.54) is 12.0 Å². The highest BCUT2D eigenvalue weighted by Gasteiger charge is 2.16. The highest BCUT2D eigenvalue weighted by molar-refractivity contribution is 5.91. The fraction of sp³-hybridized carbons (Fsp3) is 0.588. The van der Waals surface area contributed by atoms with E-state index < -0.39 is 0 Å². The second kappa shape index (κ2) is 10.9. The second-order valence-corrected chi connectivity index (χ2v) is 6.33. The first-order valence-corrected chi connectivity index (χ1v) is 7.79. The van der Waals surface area contributed by atoms with Crippen molar-refractivity contribution in [1.82, 2.24) is 10.2 Å². The second-order valence-electron chi connectivity index (χ2n) is 6.33. The average molecular weight is 362 g/mol. The predicted molar refractivity (Wildman–Crippen MR) is 102 cm³/mol. The summed E-state index contributed by atoms with van der Waals surface area (Å²) in [6.07, 6.45) is 2.80. The monoisotopic (exact) mass is 361 g/mol. The van der Waals surface area contributed by atoms with Gasteiger partial charge in [0.1, 0.15) is 0 Å². The summed E-state index contributed by atoms with van der Waals surface area (Å²) in [6, 6.07) is 6.29. The van der Waals surface area contributed by atoms with Crippen molar-refractivity contribution in [3.8, 4) is 0 Å². The molecule has 6 heteroatoms. The van der Waals surface area contributed by atoms with Crippen LogP contribution < -0.4 is 10.6 Å². The summed E-state index contributed by atoms with van der Waals surface area (Å²) < 4.78 is 0. The van der Waals surface area contributed by atoms with Crippen molar-refractivity contribution in [3.63, 3.8) is 0 Å². The number of halogens is 2. The van der Waals surface area contributed by atoms with Crippen LogP contribution in [0.15, 0.2) is 18.2 Å². The number of benzene rings is 1. The van der Waals surface area contributed by atoms with Crippen LogP contribution in [0.3, 0.4) is 0 Å². The molecule has 2 N–H and O–H groups in total. The normalized spacial score (nSPS) is 16.6. The molecule has 1 aromatic rings. The minimum absolute atomic E-state index is 0. The number of nitrogens with one attached hydrogen (secondary N) is 2. The molecule has 132 valence electrons. The van der Waals surface area contributed by atoms with E-state index in [1.807, 2.05) is 21.0 Å². The van der Waals surface area contributed by atoms with Gasteiger partial charge in [-0.05, 0) is 70.1 Å². The molecule has 1 heterocycles. The van der Waals surface area contributed by atoms with E-state index in [1.54, 1.807) is 0 Å². The zero-order valence-corrected chi connectivity index (χ0v) is 15.9. The Hall–Kier alpha value is -0.810. The van der Waals surface area contributed by atoms with Gasteiger partial charge in [0.15, 0.2) is 0 Å². The van der Waals surface area contributed by atoms with Gasteiger partial charge in [0, 0.05) is 18.7 Å². The van der Waals surface area contributed by atoms with Gasteiger partial charge in [-0.3, -0.25) is 4.79 Å². The van der Waals surface area contributed by atoms with Crippen molar-refractivity contribution in [1.29, 1.82) is 0 Å². The fourth-order valence-corrected chi connectivity index (χ4v) is 2.78. The van der Waals surface area contributed by atoms with Crippen molar-refractivity contribution in [2.75, 3.05) is 32.5 Å². The molecule has 1 unspecified atom stereocenters. The van der Waals surface area contributed by atoms with Crippen LogP contribution in [0.2, 0.25) is 0 Å². The van der Waals surface area contributed by atoms with Crippen LogP contribution in [-0.4, -0.2) is 38.0 Å². The smallest absolute Gasteiger partial charge is 0.224 e. The van der Waals surface area contributed by atoms with Gasteiger partial charge in [-0.2, -0.15) is 0 Å². The van der Waals surface area contributed by atoms with Gasteiger partial charge in [0.05, 0.1) is 0 Å². The SMILES string of the molecule is Cc1ccc(CN(C)C)cc1NC(=O)CCC1CCNC1.Cl.Cl. The van der Waals surface area contributed by atoms with Crippen molar-refractivity contribution in [2.45, 2.75) is 32.7 Å². The Kier molecular flexibility index (Phi) is 10.5. The number of carbonyl (C=O) groups excluding carboxylic acids is 1. The molecule has 2 rings (SSSR count). The van der Waals surface area contributed by atoms with E-state index in [-0.39, 0.29) is 30.7 Å². The molecule has 0 saturated carbocycles. The Bertz CT molecular complexity index is 489. The molecular formula is C17H29Cl2N3O. The molecule has 0 spiro atoms. The molecule has 1 fully saturated rings.